The number of halogens is 2. The lowest BCUT2D eigenvalue weighted by atomic mass is 10.2. The molecule has 1 aromatic heterocycles. The van der Waals surface area contributed by atoms with Crippen LogP contribution >= 0.6 is 11.3 Å². The molecule has 2 rings (SSSR count). The van der Waals surface area contributed by atoms with Gasteiger partial charge < -0.3 is 10.6 Å². The highest BCUT2D eigenvalue weighted by atomic mass is 32.1. The van der Waals surface area contributed by atoms with E-state index in [2.05, 4.69) is 20.9 Å². The highest BCUT2D eigenvalue weighted by molar-refractivity contribution is 7.14. The molecule has 0 saturated carbocycles. The van der Waals surface area contributed by atoms with Crippen molar-refractivity contribution in [2.24, 2.45) is 0 Å². The van der Waals surface area contributed by atoms with Gasteiger partial charge in [-0.25, -0.2) is 14.2 Å². The van der Waals surface area contributed by atoms with Crippen molar-refractivity contribution in [2.75, 3.05) is 5.32 Å². The molecule has 2 aromatic rings. The Morgan fingerprint density at radius 3 is 2.86 bits per heavy atom. The van der Waals surface area contributed by atoms with Gasteiger partial charge >= 0.3 is 6.03 Å². The van der Waals surface area contributed by atoms with Crippen LogP contribution in [0.5, 0.6) is 0 Å². The van der Waals surface area contributed by atoms with E-state index in [0.29, 0.717) is 23.3 Å². The zero-order chi connectivity index (χ0) is 15.9. The van der Waals surface area contributed by atoms with E-state index in [-0.39, 0.29) is 23.9 Å². The van der Waals surface area contributed by atoms with Gasteiger partial charge in [-0.05, 0) is 17.7 Å². The molecule has 0 aliphatic heterocycles. The van der Waals surface area contributed by atoms with Crippen LogP contribution in [0.2, 0.25) is 0 Å². The molecule has 3 amide bonds. The molecule has 3 N–H and O–H groups in total. The van der Waals surface area contributed by atoms with Gasteiger partial charge in [-0.3, -0.25) is 10.1 Å². The first-order chi connectivity index (χ1) is 10.6. The molecule has 1 heterocycles. The van der Waals surface area contributed by atoms with Crippen LogP contribution in [-0.2, 0) is 17.9 Å². The van der Waals surface area contributed by atoms with Crippen molar-refractivity contribution in [3.63, 3.8) is 0 Å². The summed E-state index contributed by atoms with van der Waals surface area (Å²) in [5.41, 5.74) is 0.633. The summed E-state index contributed by atoms with van der Waals surface area (Å²) in [7, 11) is 0. The monoisotopic (exact) mass is 326 g/mol. The van der Waals surface area contributed by atoms with Crippen LogP contribution < -0.4 is 16.0 Å². The molecule has 0 spiro atoms. The maximum atomic E-state index is 13.5. The largest absolute Gasteiger partial charge is 0.353 e. The first-order valence-electron chi connectivity index (χ1n) is 6.20. The van der Waals surface area contributed by atoms with E-state index in [1.165, 1.54) is 18.2 Å². The maximum Gasteiger partial charge on any atom is 0.321 e. The number of benzene rings is 1. The molecule has 0 saturated heterocycles. The number of thiazole rings is 1. The van der Waals surface area contributed by atoms with Crippen molar-refractivity contribution in [3.05, 3.63) is 46.5 Å². The Morgan fingerprint density at radius 1 is 1.32 bits per heavy atom. The van der Waals surface area contributed by atoms with Gasteiger partial charge in [0.2, 0.25) is 11.5 Å². The lowest BCUT2D eigenvalue weighted by molar-refractivity contribution is -0.109. The number of urea groups is 1. The minimum absolute atomic E-state index is 0.0394. The van der Waals surface area contributed by atoms with Crippen LogP contribution in [0.1, 0.15) is 11.3 Å². The Kier molecular flexibility index (Phi) is 5.37. The summed E-state index contributed by atoms with van der Waals surface area (Å²) in [6, 6.07) is 5.21. The number of nitrogens with one attached hydrogen (secondary N) is 3. The summed E-state index contributed by atoms with van der Waals surface area (Å²) in [5, 5.41) is 6.64. The predicted octanol–water partition coefficient (Wildman–Crippen LogP) is 1.99. The molecule has 22 heavy (non-hydrogen) atoms. The summed E-state index contributed by atoms with van der Waals surface area (Å²) in [4.78, 5) is 25.7. The van der Waals surface area contributed by atoms with Crippen LogP contribution in [0.3, 0.4) is 0 Å². The summed E-state index contributed by atoms with van der Waals surface area (Å²) >= 11 is 0.652. The second-order valence-corrected chi connectivity index (χ2v) is 5.13. The fraction of sp³-hybridized carbons (Fsp3) is 0.154. The second kappa shape index (κ2) is 7.46. The van der Waals surface area contributed by atoms with Gasteiger partial charge in [-0.2, -0.15) is 4.39 Å². The Balaban J connectivity index is 1.88. The van der Waals surface area contributed by atoms with Gasteiger partial charge in [-0.1, -0.05) is 23.5 Å². The average Bonchev–Trinajstić information content (AvgIpc) is 2.83. The number of aromatic nitrogens is 1. The van der Waals surface area contributed by atoms with Crippen LogP contribution in [0.25, 0.3) is 0 Å². The molecular weight excluding hydrogens is 314 g/mol. The van der Waals surface area contributed by atoms with E-state index in [1.54, 1.807) is 6.07 Å². The smallest absolute Gasteiger partial charge is 0.321 e. The van der Waals surface area contributed by atoms with E-state index in [0.717, 1.165) is 0 Å². The highest BCUT2D eigenvalue weighted by Crippen LogP contribution is 2.20. The number of anilines is 1. The Bertz CT molecular complexity index is 678. The van der Waals surface area contributed by atoms with Crippen molar-refractivity contribution < 1.29 is 18.4 Å². The van der Waals surface area contributed by atoms with Gasteiger partial charge in [0.05, 0.1) is 6.54 Å². The Morgan fingerprint density at radius 2 is 2.14 bits per heavy atom. The molecule has 6 nitrogen and oxygen atoms in total. The lowest BCUT2D eigenvalue weighted by Gasteiger charge is -2.05. The standard InChI is InChI=1S/C13H12F2N4O2S/c14-9-3-1-2-8(4-9)5-17-12(21)19-13-18-10(6-16-7-20)11(15)22-13/h1-4,7H,5-6H2,(H,16,20)(H2,17,18,19,21). The van der Waals surface area contributed by atoms with Gasteiger partial charge in [0.25, 0.3) is 0 Å². The minimum Gasteiger partial charge on any atom is -0.353 e. The maximum absolute atomic E-state index is 13.5. The fourth-order valence-corrected chi connectivity index (χ4v) is 2.31. The van der Waals surface area contributed by atoms with Crippen LogP contribution in [0.4, 0.5) is 18.7 Å². The molecule has 0 atom stereocenters. The van der Waals surface area contributed by atoms with Crippen LogP contribution in [-0.4, -0.2) is 17.4 Å². The molecular formula is C13H12F2N4O2S. The van der Waals surface area contributed by atoms with Crippen molar-refractivity contribution in [1.29, 1.82) is 0 Å². The molecule has 0 bridgehead atoms. The number of nitrogens with zero attached hydrogens (tertiary/aromatic N) is 1. The van der Waals surface area contributed by atoms with E-state index in [1.807, 2.05) is 0 Å². The van der Waals surface area contributed by atoms with E-state index in [9.17, 15) is 18.4 Å². The number of hydrogen-bond donors (Lipinski definition) is 3. The minimum atomic E-state index is -0.590. The third-order valence-electron chi connectivity index (χ3n) is 2.57. The van der Waals surface area contributed by atoms with Crippen LogP contribution in [0, 0.1) is 10.9 Å². The fourth-order valence-electron chi connectivity index (χ4n) is 1.60. The van der Waals surface area contributed by atoms with Gasteiger partial charge in [0.1, 0.15) is 11.5 Å². The van der Waals surface area contributed by atoms with E-state index >= 15 is 0 Å². The van der Waals surface area contributed by atoms with Crippen molar-refractivity contribution in [1.82, 2.24) is 15.6 Å². The summed E-state index contributed by atoms with van der Waals surface area (Å²) in [6.07, 6.45) is 0.428. The van der Waals surface area contributed by atoms with Crippen molar-refractivity contribution in [2.45, 2.75) is 13.1 Å². The Hall–Kier alpha value is -2.55. The summed E-state index contributed by atoms with van der Waals surface area (Å²) in [5.74, 6) is -0.394. The van der Waals surface area contributed by atoms with E-state index < -0.39 is 17.0 Å². The normalized spacial score (nSPS) is 10.1. The molecule has 0 fully saturated rings. The number of amides is 3. The number of hydrogen-bond acceptors (Lipinski definition) is 4. The Labute approximate surface area is 128 Å². The SMILES string of the molecule is O=CNCc1nc(NC(=O)NCc2cccc(F)c2)sc1F. The quantitative estimate of drug-likeness (QED) is 0.710. The summed E-state index contributed by atoms with van der Waals surface area (Å²) < 4.78 is 26.4. The molecule has 0 aliphatic carbocycles. The third-order valence-corrected chi connectivity index (χ3v) is 3.37. The van der Waals surface area contributed by atoms with E-state index in [4.69, 9.17) is 0 Å². The molecule has 9 heteroatoms. The number of carbonyl (C=O) groups is 2. The summed E-state index contributed by atoms with van der Waals surface area (Å²) in [6.45, 7) is 0.0649. The number of carbonyl (C=O) groups excluding carboxylic acids is 2. The molecule has 116 valence electrons. The second-order valence-electron chi connectivity index (χ2n) is 4.18. The molecule has 0 aliphatic rings. The van der Waals surface area contributed by atoms with Gasteiger partial charge in [0.15, 0.2) is 5.13 Å². The predicted molar refractivity (Wildman–Crippen MR) is 77.2 cm³/mol. The van der Waals surface area contributed by atoms with Gasteiger partial charge in [0, 0.05) is 6.54 Å². The third kappa shape index (κ3) is 4.48. The molecule has 1 aromatic carbocycles. The number of rotatable bonds is 6. The first-order valence-corrected chi connectivity index (χ1v) is 7.01. The topological polar surface area (TPSA) is 83.1 Å². The average molecular weight is 326 g/mol. The van der Waals surface area contributed by atoms with Crippen LogP contribution in [0.15, 0.2) is 24.3 Å². The highest BCUT2D eigenvalue weighted by Gasteiger charge is 2.12. The molecule has 0 unspecified atom stereocenters. The zero-order valence-electron chi connectivity index (χ0n) is 11.2. The van der Waals surface area contributed by atoms with Crippen molar-refractivity contribution >= 4 is 28.9 Å². The lowest BCUT2D eigenvalue weighted by Crippen LogP contribution is -2.28. The van der Waals surface area contributed by atoms with Crippen molar-refractivity contribution in [3.8, 4) is 0 Å². The zero-order valence-corrected chi connectivity index (χ0v) is 12.0. The van der Waals surface area contributed by atoms with Gasteiger partial charge in [-0.15, -0.1) is 0 Å². The molecule has 0 radical (unpaired) electrons. The first kappa shape index (κ1) is 15.8.